The first-order valence-electron chi connectivity index (χ1n) is 7.07. The number of nitrogens with zero attached hydrogens (tertiary/aromatic N) is 1. The Labute approximate surface area is 125 Å². The van der Waals surface area contributed by atoms with Crippen molar-refractivity contribution in [3.05, 3.63) is 89.7 Å². The summed E-state index contributed by atoms with van der Waals surface area (Å²) in [6.07, 6.45) is 1.85. The topological polar surface area (TPSA) is 38.9 Å². The Balaban J connectivity index is 1.85. The molecule has 1 atom stereocenters. The second-order valence-corrected chi connectivity index (χ2v) is 5.20. The van der Waals surface area contributed by atoms with Crippen LogP contribution in [-0.2, 0) is 0 Å². The summed E-state index contributed by atoms with van der Waals surface area (Å²) in [6.45, 7) is 1.98. The van der Waals surface area contributed by atoms with Gasteiger partial charge in [0.25, 0.3) is 0 Å². The van der Waals surface area contributed by atoms with Crippen molar-refractivity contribution in [3.63, 3.8) is 0 Å². The third kappa shape index (κ3) is 3.01. The summed E-state index contributed by atoms with van der Waals surface area (Å²) < 4.78 is 0. The van der Waals surface area contributed by atoms with Gasteiger partial charge in [0.15, 0.2) is 0 Å². The summed E-state index contributed by atoms with van der Waals surface area (Å²) in [5.41, 5.74) is 11.9. The normalized spacial score (nSPS) is 12.1. The lowest BCUT2D eigenvalue weighted by molar-refractivity contribution is 0.860. The molecule has 0 bridgehead atoms. The Kier molecular flexibility index (Phi) is 3.80. The molecular formula is C19H18N2. The van der Waals surface area contributed by atoms with Crippen molar-refractivity contribution in [3.8, 4) is 11.1 Å². The summed E-state index contributed by atoms with van der Waals surface area (Å²) in [5, 5.41) is 0. The molecule has 0 aliphatic heterocycles. The van der Waals surface area contributed by atoms with Crippen molar-refractivity contribution in [2.24, 2.45) is 5.73 Å². The number of benzene rings is 2. The zero-order valence-electron chi connectivity index (χ0n) is 12.0. The summed E-state index contributed by atoms with van der Waals surface area (Å²) in [6, 6.07) is 22.7. The van der Waals surface area contributed by atoms with E-state index in [0.29, 0.717) is 0 Å². The van der Waals surface area contributed by atoms with Crippen molar-refractivity contribution in [1.82, 2.24) is 4.98 Å². The van der Waals surface area contributed by atoms with Gasteiger partial charge in [0.1, 0.15) is 0 Å². The summed E-state index contributed by atoms with van der Waals surface area (Å²) in [5.74, 6) is 0. The maximum absolute atomic E-state index is 6.32. The quantitative estimate of drug-likeness (QED) is 0.780. The number of aromatic nitrogens is 1. The number of hydrogen-bond donors (Lipinski definition) is 1. The molecule has 21 heavy (non-hydrogen) atoms. The van der Waals surface area contributed by atoms with Crippen LogP contribution in [0.1, 0.15) is 22.9 Å². The molecule has 0 radical (unpaired) electrons. The van der Waals surface area contributed by atoms with Gasteiger partial charge in [-0.3, -0.25) is 4.98 Å². The molecule has 2 heteroatoms. The highest BCUT2D eigenvalue weighted by Crippen LogP contribution is 2.24. The average molecular weight is 274 g/mol. The first-order valence-corrected chi connectivity index (χ1v) is 7.07. The summed E-state index contributed by atoms with van der Waals surface area (Å²) in [4.78, 5) is 4.31. The van der Waals surface area contributed by atoms with E-state index in [0.717, 1.165) is 16.8 Å². The fourth-order valence-electron chi connectivity index (χ4n) is 2.37. The Morgan fingerprint density at radius 1 is 0.762 bits per heavy atom. The molecule has 1 heterocycles. The molecule has 3 rings (SSSR count). The largest absolute Gasteiger partial charge is 0.320 e. The standard InChI is InChI=1S/C19H18N2/c1-14-7-8-18(13-21-14)19(20)17-11-9-16(10-12-17)15-5-3-2-4-6-15/h2-13,19H,20H2,1H3. The van der Waals surface area contributed by atoms with Gasteiger partial charge in [0, 0.05) is 11.9 Å². The van der Waals surface area contributed by atoms with Crippen LogP contribution in [0.2, 0.25) is 0 Å². The lowest BCUT2D eigenvalue weighted by Gasteiger charge is -2.13. The minimum atomic E-state index is -0.136. The van der Waals surface area contributed by atoms with Crippen LogP contribution in [0.4, 0.5) is 0 Å². The molecule has 104 valence electrons. The second-order valence-electron chi connectivity index (χ2n) is 5.20. The minimum Gasteiger partial charge on any atom is -0.320 e. The zero-order valence-corrected chi connectivity index (χ0v) is 12.0. The Morgan fingerprint density at radius 3 is 2.00 bits per heavy atom. The van der Waals surface area contributed by atoms with E-state index in [1.54, 1.807) is 0 Å². The van der Waals surface area contributed by atoms with Crippen LogP contribution in [-0.4, -0.2) is 4.98 Å². The van der Waals surface area contributed by atoms with Crippen LogP contribution < -0.4 is 5.73 Å². The first-order chi connectivity index (χ1) is 10.2. The van der Waals surface area contributed by atoms with Crippen molar-refractivity contribution in [1.29, 1.82) is 0 Å². The van der Waals surface area contributed by atoms with Gasteiger partial charge in [-0.25, -0.2) is 0 Å². The fourth-order valence-corrected chi connectivity index (χ4v) is 2.37. The monoisotopic (exact) mass is 274 g/mol. The van der Waals surface area contributed by atoms with E-state index in [1.165, 1.54) is 11.1 Å². The molecule has 2 aromatic carbocycles. The van der Waals surface area contributed by atoms with Crippen LogP contribution in [0.15, 0.2) is 72.9 Å². The fraction of sp³-hybridized carbons (Fsp3) is 0.105. The van der Waals surface area contributed by atoms with Crippen molar-refractivity contribution >= 4 is 0 Å². The van der Waals surface area contributed by atoms with Crippen molar-refractivity contribution in [2.45, 2.75) is 13.0 Å². The third-order valence-electron chi connectivity index (χ3n) is 3.67. The molecule has 0 amide bonds. The van der Waals surface area contributed by atoms with Crippen LogP contribution >= 0.6 is 0 Å². The third-order valence-corrected chi connectivity index (χ3v) is 3.67. The van der Waals surface area contributed by atoms with E-state index in [-0.39, 0.29) is 6.04 Å². The zero-order chi connectivity index (χ0) is 14.7. The van der Waals surface area contributed by atoms with E-state index < -0.39 is 0 Å². The maximum atomic E-state index is 6.32. The second kappa shape index (κ2) is 5.90. The molecule has 0 aliphatic carbocycles. The van der Waals surface area contributed by atoms with Gasteiger partial charge in [-0.1, -0.05) is 60.7 Å². The van der Waals surface area contributed by atoms with Gasteiger partial charge in [-0.15, -0.1) is 0 Å². The number of aryl methyl sites for hydroxylation is 1. The van der Waals surface area contributed by atoms with Gasteiger partial charge >= 0.3 is 0 Å². The van der Waals surface area contributed by atoms with Gasteiger partial charge in [0.2, 0.25) is 0 Å². The molecule has 0 aliphatic rings. The van der Waals surface area contributed by atoms with Gasteiger partial charge in [-0.05, 0) is 35.2 Å². The highest BCUT2D eigenvalue weighted by Gasteiger charge is 2.09. The lowest BCUT2D eigenvalue weighted by Crippen LogP contribution is -2.12. The van der Waals surface area contributed by atoms with E-state index in [2.05, 4.69) is 41.4 Å². The SMILES string of the molecule is Cc1ccc(C(N)c2ccc(-c3ccccc3)cc2)cn1. The number of nitrogens with two attached hydrogens (primary N) is 1. The molecule has 2 N–H and O–H groups in total. The molecule has 1 unspecified atom stereocenters. The van der Waals surface area contributed by atoms with E-state index in [9.17, 15) is 0 Å². The van der Waals surface area contributed by atoms with Gasteiger partial charge in [0.05, 0.1) is 6.04 Å². The first kappa shape index (κ1) is 13.5. The molecular weight excluding hydrogens is 256 g/mol. The van der Waals surface area contributed by atoms with E-state index in [4.69, 9.17) is 5.73 Å². The van der Waals surface area contributed by atoms with Crippen molar-refractivity contribution < 1.29 is 0 Å². The smallest absolute Gasteiger partial charge is 0.0566 e. The number of rotatable bonds is 3. The predicted molar refractivity (Wildman–Crippen MR) is 86.9 cm³/mol. The van der Waals surface area contributed by atoms with E-state index >= 15 is 0 Å². The lowest BCUT2D eigenvalue weighted by atomic mass is 9.98. The highest BCUT2D eigenvalue weighted by atomic mass is 14.7. The summed E-state index contributed by atoms with van der Waals surface area (Å²) >= 11 is 0. The Hall–Kier alpha value is -2.45. The molecule has 1 aromatic heterocycles. The van der Waals surface area contributed by atoms with Gasteiger partial charge in [-0.2, -0.15) is 0 Å². The molecule has 3 aromatic rings. The highest BCUT2D eigenvalue weighted by molar-refractivity contribution is 5.63. The maximum Gasteiger partial charge on any atom is 0.0566 e. The Bertz CT molecular complexity index is 701. The number of pyridine rings is 1. The minimum absolute atomic E-state index is 0.136. The molecule has 0 fully saturated rings. The van der Waals surface area contributed by atoms with Crippen molar-refractivity contribution in [2.75, 3.05) is 0 Å². The average Bonchev–Trinajstić information content (AvgIpc) is 2.56. The van der Waals surface area contributed by atoms with Crippen LogP contribution in [0.3, 0.4) is 0 Å². The molecule has 2 nitrogen and oxygen atoms in total. The van der Waals surface area contributed by atoms with Crippen LogP contribution in [0.5, 0.6) is 0 Å². The summed E-state index contributed by atoms with van der Waals surface area (Å²) in [7, 11) is 0. The molecule has 0 spiro atoms. The van der Waals surface area contributed by atoms with Gasteiger partial charge < -0.3 is 5.73 Å². The molecule has 0 saturated carbocycles. The van der Waals surface area contributed by atoms with Crippen LogP contribution in [0, 0.1) is 6.92 Å². The molecule has 0 saturated heterocycles. The number of hydrogen-bond acceptors (Lipinski definition) is 2. The van der Waals surface area contributed by atoms with Crippen LogP contribution in [0.25, 0.3) is 11.1 Å². The predicted octanol–water partition coefficient (Wildman–Crippen LogP) is 4.11. The van der Waals surface area contributed by atoms with E-state index in [1.807, 2.05) is 43.5 Å². The Morgan fingerprint density at radius 2 is 1.38 bits per heavy atom.